The van der Waals surface area contributed by atoms with Crippen molar-refractivity contribution in [1.29, 1.82) is 0 Å². The van der Waals surface area contributed by atoms with Crippen molar-refractivity contribution in [1.82, 2.24) is 0 Å². The molecule has 1 aliphatic heterocycles. The van der Waals surface area contributed by atoms with E-state index in [0.717, 1.165) is 0 Å². The smallest absolute Gasteiger partial charge is 0.317 e. The monoisotopic (exact) mass is 166 g/mol. The number of carbonyl (C=O) groups is 2. The van der Waals surface area contributed by atoms with E-state index in [0.29, 0.717) is 12.8 Å². The average Bonchev–Trinajstić information content (AvgIpc) is 2.28. The molecule has 3 nitrogen and oxygen atoms in total. The summed E-state index contributed by atoms with van der Waals surface area (Å²) in [5, 5.41) is 0. The molecule has 2 rings (SSSR count). The van der Waals surface area contributed by atoms with Crippen LogP contribution < -0.4 is 0 Å². The highest BCUT2D eigenvalue weighted by Crippen LogP contribution is 2.35. The Bertz CT molecular complexity index is 277. The molecule has 1 heterocycles. The summed E-state index contributed by atoms with van der Waals surface area (Å²) in [7, 11) is 0. The highest BCUT2D eigenvalue weighted by Gasteiger charge is 2.44. The Morgan fingerprint density at radius 2 is 2.00 bits per heavy atom. The Morgan fingerprint density at radius 3 is 2.75 bits per heavy atom. The van der Waals surface area contributed by atoms with Gasteiger partial charge in [0.1, 0.15) is 0 Å². The molecule has 0 aromatic heterocycles. The minimum Gasteiger partial charge on any atom is -0.393 e. The van der Waals surface area contributed by atoms with Gasteiger partial charge in [0.25, 0.3) is 0 Å². The maximum Gasteiger partial charge on any atom is 0.317 e. The topological polar surface area (TPSA) is 43.4 Å². The number of allylic oxidation sites excluding steroid dienone is 2. The largest absolute Gasteiger partial charge is 0.393 e. The van der Waals surface area contributed by atoms with Crippen LogP contribution in [0.1, 0.15) is 19.8 Å². The highest BCUT2D eigenvalue weighted by atomic mass is 16.6. The standard InChI is InChI=1S/C9H10O3/c1-5-2-3-6-7(4-5)9(11)12-8(6)10/h2,6-7H,3-4H2,1H3/t6-,7-/m0/s1. The fourth-order valence-electron chi connectivity index (χ4n) is 1.82. The van der Waals surface area contributed by atoms with Crippen molar-refractivity contribution in [2.24, 2.45) is 11.8 Å². The summed E-state index contributed by atoms with van der Waals surface area (Å²) in [5.41, 5.74) is 1.18. The van der Waals surface area contributed by atoms with Crippen molar-refractivity contribution < 1.29 is 14.3 Å². The Kier molecular flexibility index (Phi) is 1.53. The lowest BCUT2D eigenvalue weighted by atomic mass is 9.82. The lowest BCUT2D eigenvalue weighted by Gasteiger charge is -2.17. The van der Waals surface area contributed by atoms with E-state index in [4.69, 9.17) is 0 Å². The molecule has 1 fully saturated rings. The molecule has 1 aliphatic carbocycles. The molecule has 0 amide bonds. The summed E-state index contributed by atoms with van der Waals surface area (Å²) in [4.78, 5) is 22.1. The summed E-state index contributed by atoms with van der Waals surface area (Å²) in [6, 6.07) is 0. The summed E-state index contributed by atoms with van der Waals surface area (Å²) < 4.78 is 4.55. The second-order valence-corrected chi connectivity index (χ2v) is 3.44. The molecule has 0 radical (unpaired) electrons. The van der Waals surface area contributed by atoms with Crippen LogP contribution in [0.4, 0.5) is 0 Å². The number of rotatable bonds is 0. The normalized spacial score (nSPS) is 34.2. The lowest BCUT2D eigenvalue weighted by Crippen LogP contribution is -2.20. The number of hydrogen-bond donors (Lipinski definition) is 0. The van der Waals surface area contributed by atoms with Crippen LogP contribution in [0.3, 0.4) is 0 Å². The van der Waals surface area contributed by atoms with Gasteiger partial charge < -0.3 is 4.74 Å². The second kappa shape index (κ2) is 2.44. The van der Waals surface area contributed by atoms with Gasteiger partial charge in [0.15, 0.2) is 0 Å². The van der Waals surface area contributed by atoms with Crippen LogP contribution in [0, 0.1) is 11.8 Å². The molecular formula is C9H10O3. The molecular weight excluding hydrogens is 156 g/mol. The third kappa shape index (κ3) is 0.967. The van der Waals surface area contributed by atoms with Gasteiger partial charge in [-0.05, 0) is 19.8 Å². The van der Waals surface area contributed by atoms with Gasteiger partial charge in [0, 0.05) is 0 Å². The van der Waals surface area contributed by atoms with Crippen LogP contribution in [0.15, 0.2) is 11.6 Å². The van der Waals surface area contributed by atoms with E-state index in [1.54, 1.807) is 0 Å². The van der Waals surface area contributed by atoms with Crippen LogP contribution in [-0.4, -0.2) is 11.9 Å². The van der Waals surface area contributed by atoms with Gasteiger partial charge in [-0.3, -0.25) is 9.59 Å². The van der Waals surface area contributed by atoms with Crippen molar-refractivity contribution in [3.05, 3.63) is 11.6 Å². The van der Waals surface area contributed by atoms with Crippen molar-refractivity contribution >= 4 is 11.9 Å². The van der Waals surface area contributed by atoms with Gasteiger partial charge >= 0.3 is 11.9 Å². The molecule has 2 aliphatic rings. The van der Waals surface area contributed by atoms with Crippen molar-refractivity contribution in [3.8, 4) is 0 Å². The zero-order chi connectivity index (χ0) is 8.72. The van der Waals surface area contributed by atoms with Crippen molar-refractivity contribution in [2.45, 2.75) is 19.8 Å². The SMILES string of the molecule is CC1=CC[C@@H]2C(=O)OC(=O)[C@H]2C1. The second-order valence-electron chi connectivity index (χ2n) is 3.44. The maximum atomic E-state index is 11.1. The minimum atomic E-state index is -0.339. The number of hydrogen-bond acceptors (Lipinski definition) is 3. The summed E-state index contributed by atoms with van der Waals surface area (Å²) in [5.74, 6) is -1.06. The van der Waals surface area contributed by atoms with Gasteiger partial charge in [-0.25, -0.2) is 0 Å². The van der Waals surface area contributed by atoms with Crippen LogP contribution in [0.2, 0.25) is 0 Å². The molecule has 3 heteroatoms. The molecule has 64 valence electrons. The van der Waals surface area contributed by atoms with Crippen LogP contribution in [-0.2, 0) is 14.3 Å². The Hall–Kier alpha value is -1.12. The van der Waals surface area contributed by atoms with E-state index in [9.17, 15) is 9.59 Å². The molecule has 0 aromatic rings. The van der Waals surface area contributed by atoms with Crippen LogP contribution in [0.25, 0.3) is 0 Å². The summed E-state index contributed by atoms with van der Waals surface area (Å²) in [6.45, 7) is 1.98. The molecule has 1 saturated heterocycles. The zero-order valence-electron chi connectivity index (χ0n) is 6.87. The predicted molar refractivity (Wildman–Crippen MR) is 41.1 cm³/mol. The van der Waals surface area contributed by atoms with Gasteiger partial charge in [0.05, 0.1) is 11.8 Å². The minimum absolute atomic E-state index is 0.192. The zero-order valence-corrected chi connectivity index (χ0v) is 6.87. The van der Waals surface area contributed by atoms with E-state index in [1.165, 1.54) is 5.57 Å². The first kappa shape index (κ1) is 7.53. The van der Waals surface area contributed by atoms with Gasteiger partial charge in [-0.1, -0.05) is 11.6 Å². The Morgan fingerprint density at radius 1 is 1.33 bits per heavy atom. The molecule has 0 N–H and O–H groups in total. The summed E-state index contributed by atoms with van der Waals surface area (Å²) >= 11 is 0. The van der Waals surface area contributed by atoms with Gasteiger partial charge in [-0.15, -0.1) is 0 Å². The fraction of sp³-hybridized carbons (Fsp3) is 0.556. The van der Waals surface area contributed by atoms with Gasteiger partial charge in [-0.2, -0.15) is 0 Å². The molecule has 0 spiro atoms. The average molecular weight is 166 g/mol. The van der Waals surface area contributed by atoms with E-state index in [-0.39, 0.29) is 23.8 Å². The van der Waals surface area contributed by atoms with Gasteiger partial charge in [0.2, 0.25) is 0 Å². The van der Waals surface area contributed by atoms with E-state index in [1.807, 2.05) is 13.0 Å². The third-order valence-corrected chi connectivity index (χ3v) is 2.55. The predicted octanol–water partition coefficient (Wildman–Crippen LogP) is 1.04. The molecule has 0 bridgehead atoms. The van der Waals surface area contributed by atoms with Crippen LogP contribution >= 0.6 is 0 Å². The quantitative estimate of drug-likeness (QED) is 0.307. The highest BCUT2D eigenvalue weighted by molar-refractivity contribution is 5.96. The number of esters is 2. The van der Waals surface area contributed by atoms with Crippen LogP contribution in [0.5, 0.6) is 0 Å². The van der Waals surface area contributed by atoms with E-state index in [2.05, 4.69) is 4.74 Å². The number of carbonyl (C=O) groups excluding carboxylic acids is 2. The maximum absolute atomic E-state index is 11.1. The number of ether oxygens (including phenoxy) is 1. The molecule has 0 unspecified atom stereocenters. The van der Waals surface area contributed by atoms with Crippen molar-refractivity contribution in [2.75, 3.05) is 0 Å². The molecule has 2 atom stereocenters. The Balaban J connectivity index is 2.27. The molecule has 12 heavy (non-hydrogen) atoms. The fourth-order valence-corrected chi connectivity index (χ4v) is 1.82. The number of fused-ring (bicyclic) bond motifs is 1. The summed E-state index contributed by atoms with van der Waals surface area (Å²) in [6.07, 6.45) is 3.37. The van der Waals surface area contributed by atoms with E-state index < -0.39 is 0 Å². The molecule has 0 aromatic carbocycles. The third-order valence-electron chi connectivity index (χ3n) is 2.55. The van der Waals surface area contributed by atoms with E-state index >= 15 is 0 Å². The lowest BCUT2D eigenvalue weighted by molar-refractivity contribution is -0.153. The first-order chi connectivity index (χ1) is 5.68. The Labute approximate surface area is 70.4 Å². The van der Waals surface area contributed by atoms with Crippen molar-refractivity contribution in [3.63, 3.8) is 0 Å². The first-order valence-corrected chi connectivity index (χ1v) is 4.09. The molecule has 0 saturated carbocycles. The first-order valence-electron chi connectivity index (χ1n) is 4.09. The number of cyclic esters (lactones) is 2.